The first kappa shape index (κ1) is 14.9. The Labute approximate surface area is 108 Å². The molecule has 6 nitrogen and oxygen atoms in total. The van der Waals surface area contributed by atoms with Gasteiger partial charge < -0.3 is 5.43 Å². The molecular weight excluding hydrogens is 252 g/mol. The molecule has 0 amide bonds. The van der Waals surface area contributed by atoms with Crippen LogP contribution in [0.25, 0.3) is 0 Å². The molecule has 102 valence electrons. The Balaban J connectivity index is 2.80. The van der Waals surface area contributed by atoms with Crippen LogP contribution in [0.15, 0.2) is 23.2 Å². The number of hydrogen-bond acceptors (Lipinski definition) is 5. The number of hydrogen-bond donors (Lipinski definition) is 3. The van der Waals surface area contributed by atoms with E-state index < -0.39 is 10.0 Å². The Morgan fingerprint density at radius 3 is 2.61 bits per heavy atom. The summed E-state index contributed by atoms with van der Waals surface area (Å²) in [6, 6.07) is 2.82. The lowest BCUT2D eigenvalue weighted by Gasteiger charge is -2.16. The van der Waals surface area contributed by atoms with E-state index in [0.717, 1.165) is 0 Å². The van der Waals surface area contributed by atoms with Gasteiger partial charge in [0, 0.05) is 18.8 Å². The Morgan fingerprint density at radius 1 is 1.39 bits per heavy atom. The van der Waals surface area contributed by atoms with Crippen LogP contribution >= 0.6 is 0 Å². The summed E-state index contributed by atoms with van der Waals surface area (Å²) < 4.78 is 26.6. The highest BCUT2D eigenvalue weighted by Crippen LogP contribution is 2.13. The smallest absolute Gasteiger partial charge is 0.240 e. The first-order chi connectivity index (χ1) is 8.36. The van der Waals surface area contributed by atoms with Crippen LogP contribution in [0.3, 0.4) is 0 Å². The predicted octanol–water partition coefficient (Wildman–Crippen LogP) is 0.938. The van der Waals surface area contributed by atoms with Gasteiger partial charge in [0.15, 0.2) is 0 Å². The van der Waals surface area contributed by atoms with Crippen molar-refractivity contribution in [1.82, 2.24) is 9.71 Å². The quantitative estimate of drug-likeness (QED) is 0.529. The van der Waals surface area contributed by atoms with Gasteiger partial charge in [-0.15, -0.1) is 0 Å². The molecule has 7 heteroatoms. The van der Waals surface area contributed by atoms with E-state index in [4.69, 9.17) is 5.84 Å². The average Bonchev–Trinajstić information content (AvgIpc) is 2.36. The molecule has 0 fully saturated rings. The van der Waals surface area contributed by atoms with Gasteiger partial charge >= 0.3 is 0 Å². The summed E-state index contributed by atoms with van der Waals surface area (Å²) in [6.07, 6.45) is 1.40. The van der Waals surface area contributed by atoms with Crippen molar-refractivity contribution in [1.29, 1.82) is 0 Å². The van der Waals surface area contributed by atoms with E-state index in [1.54, 1.807) is 0 Å². The van der Waals surface area contributed by atoms with Crippen molar-refractivity contribution in [3.05, 3.63) is 18.3 Å². The molecule has 1 rings (SSSR count). The molecule has 1 atom stereocenters. The largest absolute Gasteiger partial charge is 0.308 e. The fourth-order valence-corrected chi connectivity index (χ4v) is 2.37. The van der Waals surface area contributed by atoms with E-state index in [9.17, 15) is 8.42 Å². The SMILES string of the molecule is CC(C)C(C)CNS(=O)(=O)c1ccnc(NN)c1. The second kappa shape index (κ2) is 6.12. The lowest BCUT2D eigenvalue weighted by molar-refractivity contribution is 0.414. The minimum Gasteiger partial charge on any atom is -0.308 e. The molecule has 18 heavy (non-hydrogen) atoms. The maximum Gasteiger partial charge on any atom is 0.240 e. The van der Waals surface area contributed by atoms with Gasteiger partial charge in [-0.25, -0.2) is 24.0 Å². The second-order valence-corrected chi connectivity index (χ2v) is 6.36. The number of nitrogens with two attached hydrogens (primary N) is 1. The number of hydrazine groups is 1. The Bertz CT molecular complexity index is 488. The summed E-state index contributed by atoms with van der Waals surface area (Å²) in [5.74, 6) is 6.21. The molecule has 0 saturated heterocycles. The van der Waals surface area contributed by atoms with Gasteiger partial charge in [-0.2, -0.15) is 0 Å². The van der Waals surface area contributed by atoms with Crippen LogP contribution in [0.4, 0.5) is 5.82 Å². The molecule has 4 N–H and O–H groups in total. The summed E-state index contributed by atoms with van der Waals surface area (Å²) in [5, 5.41) is 0. The van der Waals surface area contributed by atoms with E-state index >= 15 is 0 Å². The van der Waals surface area contributed by atoms with Crippen molar-refractivity contribution in [2.75, 3.05) is 12.0 Å². The summed E-state index contributed by atoms with van der Waals surface area (Å²) in [6.45, 7) is 6.53. The molecule has 1 aromatic heterocycles. The van der Waals surface area contributed by atoms with Crippen LogP contribution < -0.4 is 16.0 Å². The van der Waals surface area contributed by atoms with Gasteiger partial charge in [0.25, 0.3) is 0 Å². The lowest BCUT2D eigenvalue weighted by Crippen LogP contribution is -2.30. The molecular formula is C11H20N4O2S. The number of sulfonamides is 1. The van der Waals surface area contributed by atoms with Gasteiger partial charge in [-0.1, -0.05) is 20.8 Å². The zero-order chi connectivity index (χ0) is 13.8. The van der Waals surface area contributed by atoms with Crippen molar-refractivity contribution < 1.29 is 8.42 Å². The van der Waals surface area contributed by atoms with E-state index in [1.807, 2.05) is 6.92 Å². The third-order valence-electron chi connectivity index (χ3n) is 2.92. The standard InChI is InChI=1S/C11H20N4O2S/c1-8(2)9(3)7-14-18(16,17)10-4-5-13-11(6-10)15-12/h4-6,8-9,14H,7,12H2,1-3H3,(H,13,15). The molecule has 0 bridgehead atoms. The highest BCUT2D eigenvalue weighted by atomic mass is 32.2. The van der Waals surface area contributed by atoms with Gasteiger partial charge in [-0.3, -0.25) is 0 Å². The highest BCUT2D eigenvalue weighted by Gasteiger charge is 2.17. The van der Waals surface area contributed by atoms with Crippen LogP contribution in [0.2, 0.25) is 0 Å². The van der Waals surface area contributed by atoms with Gasteiger partial charge in [-0.05, 0) is 17.9 Å². The summed E-state index contributed by atoms with van der Waals surface area (Å²) in [7, 11) is -3.51. The maximum atomic E-state index is 12.0. The van der Waals surface area contributed by atoms with Crippen LogP contribution in [-0.2, 0) is 10.0 Å². The Hall–Kier alpha value is -1.18. The fraction of sp³-hybridized carbons (Fsp3) is 0.545. The average molecular weight is 272 g/mol. The van der Waals surface area contributed by atoms with Crippen molar-refractivity contribution in [3.63, 3.8) is 0 Å². The number of nitrogen functional groups attached to an aromatic ring is 1. The number of pyridine rings is 1. The zero-order valence-electron chi connectivity index (χ0n) is 10.8. The van der Waals surface area contributed by atoms with Crippen molar-refractivity contribution in [2.45, 2.75) is 25.7 Å². The van der Waals surface area contributed by atoms with Gasteiger partial charge in [0.05, 0.1) is 4.90 Å². The van der Waals surface area contributed by atoms with Crippen molar-refractivity contribution >= 4 is 15.8 Å². The number of rotatable bonds is 6. The third-order valence-corrected chi connectivity index (χ3v) is 4.34. The molecule has 1 unspecified atom stereocenters. The minimum absolute atomic E-state index is 0.154. The molecule has 0 saturated carbocycles. The highest BCUT2D eigenvalue weighted by molar-refractivity contribution is 7.89. The van der Waals surface area contributed by atoms with Crippen LogP contribution in [-0.4, -0.2) is 19.9 Å². The molecule has 0 aliphatic carbocycles. The number of nitrogens with one attached hydrogen (secondary N) is 2. The monoisotopic (exact) mass is 272 g/mol. The predicted molar refractivity (Wildman–Crippen MR) is 71.2 cm³/mol. The summed E-state index contributed by atoms with van der Waals surface area (Å²) in [4.78, 5) is 4.02. The third kappa shape index (κ3) is 3.94. The maximum absolute atomic E-state index is 12.0. The molecule has 1 aromatic rings. The number of aromatic nitrogens is 1. The Kier molecular flexibility index (Phi) is 5.06. The zero-order valence-corrected chi connectivity index (χ0v) is 11.7. The van der Waals surface area contributed by atoms with Crippen molar-refractivity contribution in [3.8, 4) is 0 Å². The van der Waals surface area contributed by atoms with E-state index in [0.29, 0.717) is 18.3 Å². The first-order valence-electron chi connectivity index (χ1n) is 5.79. The molecule has 0 aliphatic heterocycles. The topological polar surface area (TPSA) is 97.1 Å². The molecule has 0 spiro atoms. The first-order valence-corrected chi connectivity index (χ1v) is 7.27. The van der Waals surface area contributed by atoms with Gasteiger partial charge in [0.2, 0.25) is 10.0 Å². The van der Waals surface area contributed by atoms with Crippen LogP contribution in [0.1, 0.15) is 20.8 Å². The summed E-state index contributed by atoms with van der Waals surface area (Å²) >= 11 is 0. The second-order valence-electron chi connectivity index (χ2n) is 4.59. The molecule has 0 aliphatic rings. The Morgan fingerprint density at radius 2 is 2.06 bits per heavy atom. The van der Waals surface area contributed by atoms with Crippen LogP contribution in [0, 0.1) is 11.8 Å². The van der Waals surface area contributed by atoms with Gasteiger partial charge in [0.1, 0.15) is 5.82 Å². The van der Waals surface area contributed by atoms with E-state index in [-0.39, 0.29) is 10.8 Å². The van der Waals surface area contributed by atoms with E-state index in [1.165, 1.54) is 18.3 Å². The molecule has 0 radical (unpaired) electrons. The molecule has 0 aromatic carbocycles. The fourth-order valence-electron chi connectivity index (χ4n) is 1.22. The lowest BCUT2D eigenvalue weighted by atomic mass is 9.99. The molecule has 1 heterocycles. The number of anilines is 1. The van der Waals surface area contributed by atoms with E-state index in [2.05, 4.69) is 29.0 Å². The van der Waals surface area contributed by atoms with Crippen LogP contribution in [0.5, 0.6) is 0 Å². The van der Waals surface area contributed by atoms with Crippen molar-refractivity contribution in [2.24, 2.45) is 17.7 Å². The normalized spacial score (nSPS) is 13.6. The summed E-state index contributed by atoms with van der Waals surface area (Å²) in [5.41, 5.74) is 2.32. The minimum atomic E-state index is -3.51. The number of nitrogens with zero attached hydrogens (tertiary/aromatic N) is 1.